The molecule has 1 aromatic heterocycles. The Kier molecular flexibility index (Phi) is 3.60. The maximum atomic E-state index is 11.4. The monoisotopic (exact) mass is 322 g/mol. The maximum absolute atomic E-state index is 11.4. The highest BCUT2D eigenvalue weighted by molar-refractivity contribution is 6.26. The van der Waals surface area contributed by atoms with E-state index in [9.17, 15) is 9.59 Å². The van der Waals surface area contributed by atoms with Gasteiger partial charge in [0.15, 0.2) is 0 Å². The average Bonchev–Trinajstić information content (AvgIpc) is 2.88. The summed E-state index contributed by atoms with van der Waals surface area (Å²) < 4.78 is 16.4. The van der Waals surface area contributed by atoms with Crippen LogP contribution in [0.5, 0.6) is 5.75 Å². The van der Waals surface area contributed by atoms with Gasteiger partial charge in [-0.2, -0.15) is 0 Å². The molecule has 116 valence electrons. The van der Waals surface area contributed by atoms with Crippen LogP contribution >= 0.6 is 11.6 Å². The molecule has 0 bridgehead atoms. The molecule has 0 aliphatic carbocycles. The lowest BCUT2D eigenvalue weighted by Gasteiger charge is -2.30. The van der Waals surface area contributed by atoms with Crippen molar-refractivity contribution < 1.29 is 18.7 Å². The van der Waals surface area contributed by atoms with Gasteiger partial charge in [-0.25, -0.2) is 4.79 Å². The summed E-state index contributed by atoms with van der Waals surface area (Å²) in [4.78, 5) is 22.7. The third-order valence-corrected chi connectivity index (χ3v) is 3.96. The van der Waals surface area contributed by atoms with E-state index < -0.39 is 17.2 Å². The summed E-state index contributed by atoms with van der Waals surface area (Å²) in [5.41, 5.74) is 0.250. The zero-order chi connectivity index (χ0) is 15.9. The van der Waals surface area contributed by atoms with E-state index in [-0.39, 0.29) is 12.0 Å². The number of carbonyl (C=O) groups is 1. The van der Waals surface area contributed by atoms with Gasteiger partial charge in [-0.15, -0.1) is 11.6 Å². The molecule has 1 aromatic carbocycles. The smallest absolute Gasteiger partial charge is 0.336 e. The molecule has 1 aliphatic rings. The highest BCUT2D eigenvalue weighted by Gasteiger charge is 2.39. The van der Waals surface area contributed by atoms with Crippen molar-refractivity contribution in [3.63, 3.8) is 0 Å². The number of rotatable bonds is 3. The lowest BCUT2D eigenvalue weighted by Crippen LogP contribution is -2.44. The Morgan fingerprint density at radius 1 is 1.41 bits per heavy atom. The molecule has 0 radical (unpaired) electrons. The molecule has 1 unspecified atom stereocenters. The van der Waals surface area contributed by atoms with Gasteiger partial charge in [0.05, 0.1) is 0 Å². The minimum atomic E-state index is -0.808. The van der Waals surface area contributed by atoms with Crippen LogP contribution in [0.2, 0.25) is 0 Å². The fraction of sp³-hybridized carbons (Fsp3) is 0.375. The molecule has 2 aromatic rings. The highest BCUT2D eigenvalue weighted by atomic mass is 35.5. The summed E-state index contributed by atoms with van der Waals surface area (Å²) in [6.07, 6.45) is 0.283. The zero-order valence-electron chi connectivity index (χ0n) is 12.2. The molecular formula is C16H15ClO5. The van der Waals surface area contributed by atoms with Crippen LogP contribution in [0.15, 0.2) is 33.5 Å². The first kappa shape index (κ1) is 14.9. The Labute approximate surface area is 131 Å². The molecular weight excluding hydrogens is 308 g/mol. The second kappa shape index (κ2) is 5.32. The van der Waals surface area contributed by atoms with E-state index in [1.807, 2.05) is 6.07 Å². The van der Waals surface area contributed by atoms with E-state index in [2.05, 4.69) is 0 Å². The summed E-state index contributed by atoms with van der Waals surface area (Å²) in [5, 5.41) is 0.832. The summed E-state index contributed by atoms with van der Waals surface area (Å²) in [7, 11) is 0. The van der Waals surface area contributed by atoms with Gasteiger partial charge in [0.1, 0.15) is 28.9 Å². The second-order valence-corrected chi connectivity index (χ2v) is 6.04. The molecule has 5 nitrogen and oxygen atoms in total. The number of alkyl halides is 1. The number of benzene rings is 1. The minimum absolute atomic E-state index is 0.196. The first-order valence-corrected chi connectivity index (χ1v) is 7.44. The fourth-order valence-electron chi connectivity index (χ4n) is 2.58. The fourth-order valence-corrected chi connectivity index (χ4v) is 2.64. The van der Waals surface area contributed by atoms with Crippen LogP contribution in [-0.2, 0) is 16.0 Å². The molecule has 0 spiro atoms. The van der Waals surface area contributed by atoms with Crippen LogP contribution in [-0.4, -0.2) is 23.6 Å². The van der Waals surface area contributed by atoms with Gasteiger partial charge in [-0.1, -0.05) is 0 Å². The number of hydrogen-bond acceptors (Lipinski definition) is 5. The number of halogens is 1. The third-order valence-electron chi connectivity index (χ3n) is 3.74. The summed E-state index contributed by atoms with van der Waals surface area (Å²) in [5.74, 6) is -0.0396. The first-order chi connectivity index (χ1) is 10.4. The molecule has 1 aliphatic heterocycles. The van der Waals surface area contributed by atoms with Crippen molar-refractivity contribution in [2.75, 3.05) is 5.88 Å². The average molecular weight is 323 g/mol. The molecule has 0 saturated heterocycles. The van der Waals surface area contributed by atoms with Crippen LogP contribution < -0.4 is 10.4 Å². The van der Waals surface area contributed by atoms with E-state index in [0.29, 0.717) is 17.8 Å². The topological polar surface area (TPSA) is 65.7 Å². The lowest BCUT2D eigenvalue weighted by atomic mass is 9.96. The van der Waals surface area contributed by atoms with E-state index in [0.717, 1.165) is 10.9 Å². The van der Waals surface area contributed by atoms with Crippen LogP contribution in [0, 0.1) is 0 Å². The van der Waals surface area contributed by atoms with Crippen LogP contribution in [0.4, 0.5) is 0 Å². The van der Waals surface area contributed by atoms with E-state index in [1.54, 1.807) is 26.0 Å². The van der Waals surface area contributed by atoms with E-state index in [1.165, 1.54) is 6.07 Å². The predicted octanol–water partition coefficient (Wildman–Crippen LogP) is 2.66. The zero-order valence-corrected chi connectivity index (χ0v) is 13.0. The first-order valence-electron chi connectivity index (χ1n) is 6.90. The van der Waals surface area contributed by atoms with Crippen molar-refractivity contribution in [3.05, 3.63) is 40.2 Å². The minimum Gasteiger partial charge on any atom is -0.485 e. The third kappa shape index (κ3) is 2.68. The Hall–Kier alpha value is -2.01. The van der Waals surface area contributed by atoms with E-state index >= 15 is 0 Å². The van der Waals surface area contributed by atoms with Gasteiger partial charge >= 0.3 is 11.6 Å². The van der Waals surface area contributed by atoms with Crippen molar-refractivity contribution >= 4 is 28.5 Å². The molecule has 3 rings (SSSR count). The second-order valence-electron chi connectivity index (χ2n) is 5.77. The summed E-state index contributed by atoms with van der Waals surface area (Å²) in [6, 6.07) is 6.72. The molecule has 2 heterocycles. The molecule has 6 heteroatoms. The molecule has 0 amide bonds. The molecule has 1 atom stereocenters. The normalized spacial score (nSPS) is 17.1. The van der Waals surface area contributed by atoms with Crippen LogP contribution in [0.25, 0.3) is 11.0 Å². The quantitative estimate of drug-likeness (QED) is 0.494. The maximum Gasteiger partial charge on any atom is 0.336 e. The SMILES string of the molecule is CC(C)(OC(=O)CCl)C1Cc2cc3ccc(=O)oc3cc2O1. The standard InChI is InChI=1S/C16H15ClO5/c1-16(2,22-15(19)8-17)13-6-10-5-9-3-4-14(18)21-11(9)7-12(10)20-13/h3-5,7,13H,6,8H2,1-2H3. The summed E-state index contributed by atoms with van der Waals surface area (Å²) >= 11 is 5.48. The molecule has 22 heavy (non-hydrogen) atoms. The molecule has 0 saturated carbocycles. The number of esters is 1. The van der Waals surface area contributed by atoms with Crippen molar-refractivity contribution in [1.29, 1.82) is 0 Å². The predicted molar refractivity (Wildman–Crippen MR) is 81.5 cm³/mol. The number of ether oxygens (including phenoxy) is 2. The Bertz CT molecular complexity index is 793. The van der Waals surface area contributed by atoms with Crippen molar-refractivity contribution in [2.45, 2.75) is 32.0 Å². The summed E-state index contributed by atoms with van der Waals surface area (Å²) in [6.45, 7) is 3.57. The Balaban J connectivity index is 1.90. The van der Waals surface area contributed by atoms with Gasteiger partial charge < -0.3 is 13.9 Å². The van der Waals surface area contributed by atoms with Crippen molar-refractivity contribution in [2.24, 2.45) is 0 Å². The van der Waals surface area contributed by atoms with Gasteiger partial charge in [0, 0.05) is 23.9 Å². The Morgan fingerprint density at radius 2 is 2.18 bits per heavy atom. The van der Waals surface area contributed by atoms with Gasteiger partial charge in [0.2, 0.25) is 0 Å². The molecule has 0 N–H and O–H groups in total. The van der Waals surface area contributed by atoms with Gasteiger partial charge in [-0.05, 0) is 31.5 Å². The van der Waals surface area contributed by atoms with Gasteiger partial charge in [-0.3, -0.25) is 4.79 Å². The van der Waals surface area contributed by atoms with Crippen molar-refractivity contribution in [3.8, 4) is 5.75 Å². The van der Waals surface area contributed by atoms with E-state index in [4.69, 9.17) is 25.5 Å². The van der Waals surface area contributed by atoms with Crippen molar-refractivity contribution in [1.82, 2.24) is 0 Å². The Morgan fingerprint density at radius 3 is 2.91 bits per heavy atom. The number of fused-ring (bicyclic) bond motifs is 2. The van der Waals surface area contributed by atoms with Gasteiger partial charge in [0.25, 0.3) is 0 Å². The number of carbonyl (C=O) groups excluding carboxylic acids is 1. The van der Waals surface area contributed by atoms with Crippen LogP contribution in [0.1, 0.15) is 19.4 Å². The van der Waals surface area contributed by atoms with Crippen LogP contribution in [0.3, 0.4) is 0 Å². The number of hydrogen-bond donors (Lipinski definition) is 0. The lowest BCUT2D eigenvalue weighted by molar-refractivity contribution is -0.161. The largest absolute Gasteiger partial charge is 0.485 e. The highest BCUT2D eigenvalue weighted by Crippen LogP contribution is 2.37. The molecule has 0 fully saturated rings.